The fourth-order valence-electron chi connectivity index (χ4n) is 6.20. The van der Waals surface area contributed by atoms with Gasteiger partial charge in [-0.1, -0.05) is 0 Å². The summed E-state index contributed by atoms with van der Waals surface area (Å²) in [4.78, 5) is 0. The molecule has 7 aromatic carbocycles. The fraction of sp³-hybridized carbons (Fsp3) is 0.0244. The van der Waals surface area contributed by atoms with Crippen LogP contribution in [0.3, 0.4) is 0 Å². The van der Waals surface area contributed by atoms with E-state index in [4.69, 9.17) is 0 Å². The summed E-state index contributed by atoms with van der Waals surface area (Å²) in [5.74, 6) is 0. The van der Waals surface area contributed by atoms with Crippen molar-refractivity contribution in [2.45, 2.75) is 6.92 Å². The van der Waals surface area contributed by atoms with Crippen LogP contribution in [0.5, 0.6) is 0 Å². The molecule has 0 nitrogen and oxygen atoms in total. The SMILES string of the molecule is C=C/C=C(\C=C/C)c1c2ccccc2c([I-]c2c3ccccc3c(-c3ccccc3)c3ccccc23)c2ccccc12. The summed E-state index contributed by atoms with van der Waals surface area (Å²) in [6.45, 7) is 6.10. The molecule has 0 aliphatic carbocycles. The Bertz CT molecular complexity index is 2070. The van der Waals surface area contributed by atoms with E-state index >= 15 is 0 Å². The summed E-state index contributed by atoms with van der Waals surface area (Å²) in [5.41, 5.74) is 5.06. The summed E-state index contributed by atoms with van der Waals surface area (Å²) in [7, 11) is 0. The van der Waals surface area contributed by atoms with Gasteiger partial charge in [0.1, 0.15) is 0 Å². The zero-order chi connectivity index (χ0) is 28.5. The summed E-state index contributed by atoms with van der Waals surface area (Å²) in [5, 5.41) is 10.7. The first-order valence-corrected chi connectivity index (χ1v) is 16.5. The quantitative estimate of drug-likeness (QED) is 0.0968. The van der Waals surface area contributed by atoms with Gasteiger partial charge in [-0.15, -0.1) is 0 Å². The van der Waals surface area contributed by atoms with Crippen LogP contribution in [-0.4, -0.2) is 0 Å². The summed E-state index contributed by atoms with van der Waals surface area (Å²) in [6, 6.07) is 46.8. The van der Waals surface area contributed by atoms with E-state index in [1.807, 2.05) is 6.08 Å². The van der Waals surface area contributed by atoms with Crippen molar-refractivity contribution in [1.29, 1.82) is 0 Å². The third kappa shape index (κ3) is 4.45. The molecule has 0 spiro atoms. The first-order chi connectivity index (χ1) is 20.8. The fourth-order valence-corrected chi connectivity index (χ4v) is 9.79. The zero-order valence-electron chi connectivity index (χ0n) is 23.5. The molecule has 0 bridgehead atoms. The number of benzene rings is 7. The third-order valence-corrected chi connectivity index (χ3v) is 11.3. The van der Waals surface area contributed by atoms with Gasteiger partial charge >= 0.3 is 259 Å². The van der Waals surface area contributed by atoms with Crippen molar-refractivity contribution in [1.82, 2.24) is 0 Å². The van der Waals surface area contributed by atoms with Gasteiger partial charge in [0.2, 0.25) is 0 Å². The number of halogens is 1. The first kappa shape index (κ1) is 26.4. The van der Waals surface area contributed by atoms with E-state index < -0.39 is 21.2 Å². The Balaban J connectivity index is 1.58. The molecular formula is C41H30I-. The number of hydrogen-bond donors (Lipinski definition) is 0. The van der Waals surface area contributed by atoms with Crippen LogP contribution in [-0.2, 0) is 0 Å². The molecule has 0 unspecified atom stereocenters. The Morgan fingerprint density at radius 1 is 0.524 bits per heavy atom. The van der Waals surface area contributed by atoms with E-state index in [-0.39, 0.29) is 0 Å². The van der Waals surface area contributed by atoms with E-state index in [1.54, 1.807) is 0 Å². The molecule has 7 aromatic rings. The molecule has 7 rings (SSSR count). The van der Waals surface area contributed by atoms with Crippen LogP contribution in [0.4, 0.5) is 0 Å². The van der Waals surface area contributed by atoms with Crippen molar-refractivity contribution in [2.75, 3.05) is 0 Å². The predicted octanol–water partition coefficient (Wildman–Crippen LogP) is 8.24. The number of allylic oxidation sites excluding steroid dienone is 5. The molecule has 0 aliphatic heterocycles. The molecule has 1 heteroatoms. The Hall–Kier alpha value is -4.47. The minimum absolute atomic E-state index is 0.570. The van der Waals surface area contributed by atoms with Gasteiger partial charge in [-0.3, -0.25) is 0 Å². The average molecular weight is 650 g/mol. The summed E-state index contributed by atoms with van der Waals surface area (Å²) < 4.78 is 2.96. The Labute approximate surface area is 257 Å². The Morgan fingerprint density at radius 3 is 1.38 bits per heavy atom. The second-order valence-corrected chi connectivity index (χ2v) is 13.1. The van der Waals surface area contributed by atoms with Gasteiger partial charge in [0.25, 0.3) is 0 Å². The molecule has 42 heavy (non-hydrogen) atoms. The Morgan fingerprint density at radius 2 is 0.929 bits per heavy atom. The molecule has 0 amide bonds. The molecule has 202 valence electrons. The standard InChI is InChI=1S/C41H30I/c1-3-16-28(17-4-2)38-30-20-8-12-24-34(30)40(35-25-13-9-21-31(35)38)42-41-36-26-14-10-22-32(36)39(29-18-6-5-7-19-29)33-23-11-15-27-37(33)41/h3-27H,1H2,2H3/q-1/b17-4-,28-16+. The van der Waals surface area contributed by atoms with Crippen LogP contribution in [0.25, 0.3) is 59.8 Å². The van der Waals surface area contributed by atoms with Crippen molar-refractivity contribution < 1.29 is 21.2 Å². The third-order valence-electron chi connectivity index (χ3n) is 7.92. The second kappa shape index (κ2) is 11.4. The molecule has 0 aromatic heterocycles. The average Bonchev–Trinajstić information content (AvgIpc) is 3.05. The topological polar surface area (TPSA) is 0 Å². The minimum atomic E-state index is -0.570. The molecule has 0 N–H and O–H groups in total. The molecule has 0 aliphatic rings. The van der Waals surface area contributed by atoms with Crippen LogP contribution in [0, 0.1) is 7.14 Å². The normalized spacial score (nSPS) is 12.3. The van der Waals surface area contributed by atoms with Crippen LogP contribution < -0.4 is 21.2 Å². The number of rotatable bonds is 6. The van der Waals surface area contributed by atoms with Gasteiger partial charge in [-0.05, 0) is 0 Å². The molecular weight excluding hydrogens is 619 g/mol. The van der Waals surface area contributed by atoms with Gasteiger partial charge in [-0.2, -0.15) is 0 Å². The summed E-state index contributed by atoms with van der Waals surface area (Å²) >= 11 is -0.570. The van der Waals surface area contributed by atoms with Gasteiger partial charge in [0.05, 0.1) is 0 Å². The van der Waals surface area contributed by atoms with Gasteiger partial charge in [0, 0.05) is 0 Å². The van der Waals surface area contributed by atoms with Gasteiger partial charge in [0.15, 0.2) is 0 Å². The van der Waals surface area contributed by atoms with Crippen molar-refractivity contribution in [3.63, 3.8) is 0 Å². The first-order valence-electron chi connectivity index (χ1n) is 14.3. The second-order valence-electron chi connectivity index (χ2n) is 10.4. The molecule has 0 saturated carbocycles. The zero-order valence-corrected chi connectivity index (χ0v) is 25.7. The van der Waals surface area contributed by atoms with Crippen LogP contribution in [0.1, 0.15) is 12.5 Å². The molecule has 0 radical (unpaired) electrons. The van der Waals surface area contributed by atoms with E-state index in [0.29, 0.717) is 0 Å². The van der Waals surface area contributed by atoms with Crippen LogP contribution >= 0.6 is 0 Å². The Kier molecular flexibility index (Phi) is 7.19. The van der Waals surface area contributed by atoms with Crippen LogP contribution in [0.2, 0.25) is 0 Å². The molecule has 0 atom stereocenters. The number of hydrogen-bond acceptors (Lipinski definition) is 0. The van der Waals surface area contributed by atoms with E-state index in [9.17, 15) is 0 Å². The van der Waals surface area contributed by atoms with Crippen molar-refractivity contribution in [3.8, 4) is 11.1 Å². The van der Waals surface area contributed by atoms with Gasteiger partial charge < -0.3 is 0 Å². The van der Waals surface area contributed by atoms with E-state index in [2.05, 4.69) is 159 Å². The van der Waals surface area contributed by atoms with Crippen molar-refractivity contribution in [3.05, 3.63) is 171 Å². The molecule has 0 fully saturated rings. The van der Waals surface area contributed by atoms with Crippen molar-refractivity contribution >= 4 is 48.7 Å². The van der Waals surface area contributed by atoms with Crippen molar-refractivity contribution in [2.24, 2.45) is 0 Å². The summed E-state index contributed by atoms with van der Waals surface area (Å²) in [6.07, 6.45) is 8.35. The number of fused-ring (bicyclic) bond motifs is 4. The monoisotopic (exact) mass is 649 g/mol. The van der Waals surface area contributed by atoms with E-state index in [1.165, 1.54) is 72.5 Å². The maximum absolute atomic E-state index is 4.02. The van der Waals surface area contributed by atoms with E-state index in [0.717, 1.165) is 0 Å². The predicted molar refractivity (Wildman–Crippen MR) is 179 cm³/mol. The van der Waals surface area contributed by atoms with Gasteiger partial charge in [-0.25, -0.2) is 0 Å². The maximum atomic E-state index is 4.02. The molecule has 0 heterocycles. The van der Waals surface area contributed by atoms with Crippen LogP contribution in [0.15, 0.2) is 158 Å². The molecule has 0 saturated heterocycles.